The Balaban J connectivity index is 1.58. The van der Waals surface area contributed by atoms with E-state index >= 15 is 0 Å². The number of carboxylic acid groups (broad SMARTS) is 1. The van der Waals surface area contributed by atoms with Crippen LogP contribution in [0.3, 0.4) is 0 Å². The molecule has 0 radical (unpaired) electrons. The maximum absolute atomic E-state index is 12.3. The van der Waals surface area contributed by atoms with Crippen LogP contribution < -0.4 is 10.6 Å². The van der Waals surface area contributed by atoms with Gasteiger partial charge < -0.3 is 10.4 Å². The van der Waals surface area contributed by atoms with Gasteiger partial charge in [0.2, 0.25) is 0 Å². The molecule has 0 aliphatic heterocycles. The van der Waals surface area contributed by atoms with Crippen LogP contribution in [0.2, 0.25) is 0 Å². The van der Waals surface area contributed by atoms with Gasteiger partial charge in [-0.15, -0.1) is 11.3 Å². The van der Waals surface area contributed by atoms with E-state index < -0.39 is 5.97 Å². The molecule has 1 heterocycles. The van der Waals surface area contributed by atoms with Crippen molar-refractivity contribution in [2.75, 3.05) is 10.6 Å². The number of hydrogen-bond donors (Lipinski definition) is 3. The number of aryl methyl sites for hydroxylation is 1. The maximum Gasteiger partial charge on any atom is 0.309 e. The van der Waals surface area contributed by atoms with E-state index in [1.807, 2.05) is 30.3 Å². The van der Waals surface area contributed by atoms with Crippen molar-refractivity contribution < 1.29 is 14.7 Å². The molecule has 2 aromatic carbocycles. The average Bonchev–Trinajstić information content (AvgIpc) is 3.07. The summed E-state index contributed by atoms with van der Waals surface area (Å²) < 4.78 is 0. The Morgan fingerprint density at radius 2 is 1.85 bits per heavy atom. The molecule has 0 bridgehead atoms. The van der Waals surface area contributed by atoms with Gasteiger partial charge in [0.15, 0.2) is 5.13 Å². The van der Waals surface area contributed by atoms with Crippen molar-refractivity contribution in [3.05, 3.63) is 76.3 Å². The molecule has 3 N–H and O–H groups in total. The summed E-state index contributed by atoms with van der Waals surface area (Å²) in [5.74, 6) is -1.22. The number of aromatic nitrogens is 1. The van der Waals surface area contributed by atoms with Gasteiger partial charge in [0.1, 0.15) is 0 Å². The molecule has 7 heteroatoms. The Bertz CT molecular complexity index is 951. The number of rotatable bonds is 7. The molecule has 0 unspecified atom stereocenters. The summed E-state index contributed by atoms with van der Waals surface area (Å²) in [6, 6.07) is 15.4. The van der Waals surface area contributed by atoms with Gasteiger partial charge in [0.05, 0.1) is 12.1 Å². The van der Waals surface area contributed by atoms with E-state index in [0.717, 1.165) is 11.3 Å². The van der Waals surface area contributed by atoms with Crippen molar-refractivity contribution in [3.8, 4) is 0 Å². The lowest BCUT2D eigenvalue weighted by Gasteiger charge is -2.09. The van der Waals surface area contributed by atoms with Crippen molar-refractivity contribution in [1.29, 1.82) is 0 Å². The second-order valence-corrected chi connectivity index (χ2v) is 6.89. The van der Waals surface area contributed by atoms with Gasteiger partial charge in [-0.1, -0.05) is 30.3 Å². The van der Waals surface area contributed by atoms with Crippen molar-refractivity contribution in [2.24, 2.45) is 0 Å². The number of para-hydroxylation sites is 1. The fourth-order valence-corrected chi connectivity index (χ4v) is 3.22. The van der Waals surface area contributed by atoms with Gasteiger partial charge in [-0.25, -0.2) is 4.98 Å². The average molecular weight is 381 g/mol. The first-order valence-corrected chi connectivity index (χ1v) is 9.25. The largest absolute Gasteiger partial charge is 0.481 e. The smallest absolute Gasteiger partial charge is 0.309 e. The van der Waals surface area contributed by atoms with Crippen molar-refractivity contribution >= 4 is 34.0 Å². The molecule has 3 rings (SSSR count). The summed E-state index contributed by atoms with van der Waals surface area (Å²) in [5, 5.41) is 16.9. The SMILES string of the molecule is Cc1ccccc1NCc1ccc(C(=O)Nc2nc(CC(=O)O)cs2)cc1. The van der Waals surface area contributed by atoms with E-state index in [2.05, 4.69) is 28.6 Å². The van der Waals surface area contributed by atoms with Gasteiger partial charge >= 0.3 is 5.97 Å². The predicted molar refractivity (Wildman–Crippen MR) is 106 cm³/mol. The number of carbonyl (C=O) groups is 2. The molecule has 0 saturated carbocycles. The van der Waals surface area contributed by atoms with E-state index in [-0.39, 0.29) is 12.3 Å². The lowest BCUT2D eigenvalue weighted by Crippen LogP contribution is -2.12. The highest BCUT2D eigenvalue weighted by molar-refractivity contribution is 7.14. The minimum Gasteiger partial charge on any atom is -0.481 e. The van der Waals surface area contributed by atoms with Gasteiger partial charge in [-0.2, -0.15) is 0 Å². The number of carbonyl (C=O) groups excluding carboxylic acids is 1. The molecule has 0 atom stereocenters. The normalized spacial score (nSPS) is 10.4. The second kappa shape index (κ2) is 8.46. The Morgan fingerprint density at radius 3 is 2.56 bits per heavy atom. The van der Waals surface area contributed by atoms with Crippen LogP contribution in [0, 0.1) is 6.92 Å². The van der Waals surface area contributed by atoms with Crippen LogP contribution in [0.1, 0.15) is 27.2 Å². The molecule has 0 aliphatic rings. The van der Waals surface area contributed by atoms with E-state index in [1.165, 1.54) is 16.9 Å². The van der Waals surface area contributed by atoms with E-state index in [4.69, 9.17) is 5.11 Å². The highest BCUT2D eigenvalue weighted by atomic mass is 32.1. The number of nitrogens with one attached hydrogen (secondary N) is 2. The number of aliphatic carboxylic acids is 1. The number of carboxylic acids is 1. The summed E-state index contributed by atoms with van der Waals surface area (Å²) in [6.45, 7) is 2.72. The van der Waals surface area contributed by atoms with Crippen LogP contribution >= 0.6 is 11.3 Å². The topological polar surface area (TPSA) is 91.3 Å². The van der Waals surface area contributed by atoms with Gasteiger partial charge in [-0.3, -0.25) is 14.9 Å². The Labute approximate surface area is 160 Å². The van der Waals surface area contributed by atoms with E-state index in [0.29, 0.717) is 22.9 Å². The first-order chi connectivity index (χ1) is 13.0. The molecule has 1 aromatic heterocycles. The molecular formula is C20H19N3O3S. The molecule has 1 amide bonds. The number of thiazole rings is 1. The first-order valence-electron chi connectivity index (χ1n) is 8.37. The zero-order valence-corrected chi connectivity index (χ0v) is 15.5. The third-order valence-corrected chi connectivity index (χ3v) is 4.76. The molecule has 0 fully saturated rings. The maximum atomic E-state index is 12.3. The van der Waals surface area contributed by atoms with Crippen LogP contribution in [-0.4, -0.2) is 22.0 Å². The molecule has 3 aromatic rings. The summed E-state index contributed by atoms with van der Waals surface area (Å²) in [7, 11) is 0. The quantitative estimate of drug-likeness (QED) is 0.576. The molecule has 138 valence electrons. The minimum atomic E-state index is -0.951. The fraction of sp³-hybridized carbons (Fsp3) is 0.150. The summed E-state index contributed by atoms with van der Waals surface area (Å²) in [6.07, 6.45) is -0.158. The van der Waals surface area contributed by atoms with Crippen LogP contribution in [0.5, 0.6) is 0 Å². The Kier molecular flexibility index (Phi) is 5.83. The molecule has 0 saturated heterocycles. The third kappa shape index (κ3) is 5.15. The molecule has 6 nitrogen and oxygen atoms in total. The van der Waals surface area contributed by atoms with Crippen molar-refractivity contribution in [1.82, 2.24) is 4.98 Å². The number of hydrogen-bond acceptors (Lipinski definition) is 5. The highest BCUT2D eigenvalue weighted by Crippen LogP contribution is 2.18. The number of anilines is 2. The standard InChI is InChI=1S/C20H19N3O3S/c1-13-4-2-3-5-17(13)21-11-14-6-8-15(9-7-14)19(26)23-20-22-16(12-27-20)10-18(24)25/h2-9,12,21H,10-11H2,1H3,(H,24,25)(H,22,23,26). The second-order valence-electron chi connectivity index (χ2n) is 6.03. The van der Waals surface area contributed by atoms with Crippen molar-refractivity contribution in [2.45, 2.75) is 19.9 Å². The lowest BCUT2D eigenvalue weighted by molar-refractivity contribution is -0.136. The summed E-state index contributed by atoms with van der Waals surface area (Å²) in [4.78, 5) is 27.1. The monoisotopic (exact) mass is 381 g/mol. The zero-order chi connectivity index (χ0) is 19.2. The zero-order valence-electron chi connectivity index (χ0n) is 14.7. The summed E-state index contributed by atoms with van der Waals surface area (Å²) >= 11 is 1.21. The Hall–Kier alpha value is -3.19. The number of amides is 1. The fourth-order valence-electron chi connectivity index (χ4n) is 2.51. The number of benzene rings is 2. The molecule has 0 spiro atoms. The molecule has 27 heavy (non-hydrogen) atoms. The summed E-state index contributed by atoms with van der Waals surface area (Å²) in [5.41, 5.74) is 4.28. The third-order valence-electron chi connectivity index (χ3n) is 3.95. The van der Waals surface area contributed by atoms with Gasteiger partial charge in [0, 0.05) is 23.2 Å². The predicted octanol–water partition coefficient (Wildman–Crippen LogP) is 3.94. The van der Waals surface area contributed by atoms with Crippen LogP contribution in [0.4, 0.5) is 10.8 Å². The van der Waals surface area contributed by atoms with Crippen molar-refractivity contribution in [3.63, 3.8) is 0 Å². The van der Waals surface area contributed by atoms with Crippen LogP contribution in [-0.2, 0) is 17.8 Å². The highest BCUT2D eigenvalue weighted by Gasteiger charge is 2.10. The van der Waals surface area contributed by atoms with Gasteiger partial charge in [-0.05, 0) is 36.2 Å². The van der Waals surface area contributed by atoms with E-state index in [9.17, 15) is 9.59 Å². The van der Waals surface area contributed by atoms with Crippen LogP contribution in [0.25, 0.3) is 0 Å². The lowest BCUT2D eigenvalue weighted by atomic mass is 10.1. The molecular weight excluding hydrogens is 362 g/mol. The minimum absolute atomic E-state index is 0.158. The first kappa shape index (κ1) is 18.6. The number of nitrogens with zero attached hydrogens (tertiary/aromatic N) is 1. The Morgan fingerprint density at radius 1 is 1.11 bits per heavy atom. The van der Waals surface area contributed by atoms with Crippen LogP contribution in [0.15, 0.2) is 53.9 Å². The van der Waals surface area contributed by atoms with Gasteiger partial charge in [0.25, 0.3) is 5.91 Å². The molecule has 0 aliphatic carbocycles. The van der Waals surface area contributed by atoms with E-state index in [1.54, 1.807) is 17.5 Å².